The lowest BCUT2D eigenvalue weighted by Crippen LogP contribution is -2.48. The maximum absolute atomic E-state index is 12.2. The zero-order valence-electron chi connectivity index (χ0n) is 10.1. The van der Waals surface area contributed by atoms with Crippen molar-refractivity contribution in [1.82, 2.24) is 20.1 Å². The van der Waals surface area contributed by atoms with Crippen LogP contribution in [0.15, 0.2) is 0 Å². The molecule has 1 saturated carbocycles. The van der Waals surface area contributed by atoms with Crippen LogP contribution in [0, 0.1) is 0 Å². The van der Waals surface area contributed by atoms with Crippen molar-refractivity contribution in [2.75, 3.05) is 26.2 Å². The predicted molar refractivity (Wildman–Crippen MR) is 63.1 cm³/mol. The molecule has 0 radical (unpaired) electrons. The van der Waals surface area contributed by atoms with E-state index in [0.717, 1.165) is 18.7 Å². The average molecular weight is 251 g/mol. The fourth-order valence-electron chi connectivity index (χ4n) is 2.10. The van der Waals surface area contributed by atoms with Gasteiger partial charge in [-0.05, 0) is 12.8 Å². The number of carbonyl (C=O) groups is 1. The van der Waals surface area contributed by atoms with Crippen molar-refractivity contribution in [3.8, 4) is 0 Å². The van der Waals surface area contributed by atoms with Crippen molar-refractivity contribution in [2.45, 2.75) is 24.9 Å². The van der Waals surface area contributed by atoms with E-state index in [2.05, 4.69) is 15.2 Å². The Morgan fingerprint density at radius 1 is 1.56 bits per heavy atom. The number of morpholine rings is 1. The number of amides is 1. The highest BCUT2D eigenvalue weighted by Gasteiger charge is 2.30. The van der Waals surface area contributed by atoms with Crippen molar-refractivity contribution in [1.29, 1.82) is 0 Å². The van der Waals surface area contributed by atoms with E-state index < -0.39 is 0 Å². The van der Waals surface area contributed by atoms with Crippen LogP contribution in [0.1, 0.15) is 35.2 Å². The number of H-pyrrole nitrogens is 1. The van der Waals surface area contributed by atoms with Crippen LogP contribution in [0.3, 0.4) is 0 Å². The molecule has 7 nitrogen and oxygen atoms in total. The first-order chi connectivity index (χ1) is 8.78. The Morgan fingerprint density at radius 2 is 2.39 bits per heavy atom. The number of carbonyl (C=O) groups excluding carboxylic acids is 1. The molecule has 1 aliphatic heterocycles. The normalized spacial score (nSPS) is 24.3. The number of hydrogen-bond donors (Lipinski definition) is 2. The Bertz CT molecular complexity index is 442. The van der Waals surface area contributed by atoms with Crippen LogP contribution in [0.4, 0.5) is 0 Å². The van der Waals surface area contributed by atoms with E-state index >= 15 is 0 Å². The molecule has 1 unspecified atom stereocenters. The quantitative estimate of drug-likeness (QED) is 0.753. The van der Waals surface area contributed by atoms with Crippen LogP contribution in [-0.2, 0) is 4.74 Å². The Morgan fingerprint density at radius 3 is 3.11 bits per heavy atom. The third-order valence-corrected chi connectivity index (χ3v) is 3.35. The van der Waals surface area contributed by atoms with Gasteiger partial charge in [-0.25, -0.2) is 4.98 Å². The number of nitrogens with one attached hydrogen (secondary N) is 1. The molecule has 1 aromatic rings. The Labute approximate surface area is 105 Å². The average Bonchev–Trinajstić information content (AvgIpc) is 3.16. The molecule has 18 heavy (non-hydrogen) atoms. The second-order valence-corrected chi connectivity index (χ2v) is 4.80. The topological polar surface area (TPSA) is 97.1 Å². The van der Waals surface area contributed by atoms with Gasteiger partial charge in [0, 0.05) is 25.6 Å². The first-order valence-corrected chi connectivity index (χ1v) is 6.31. The van der Waals surface area contributed by atoms with Crippen molar-refractivity contribution in [2.24, 2.45) is 5.73 Å². The van der Waals surface area contributed by atoms with E-state index in [9.17, 15) is 4.79 Å². The van der Waals surface area contributed by atoms with Gasteiger partial charge in [0.2, 0.25) is 5.82 Å². The SMILES string of the molecule is NCC1CN(C(=O)c2n[nH]c(C3CC3)n2)CCO1. The molecule has 3 N–H and O–H groups in total. The summed E-state index contributed by atoms with van der Waals surface area (Å²) in [4.78, 5) is 18.2. The zero-order chi connectivity index (χ0) is 12.5. The van der Waals surface area contributed by atoms with E-state index in [0.29, 0.717) is 32.2 Å². The predicted octanol–water partition coefficient (Wildman–Crippen LogP) is -0.518. The van der Waals surface area contributed by atoms with Crippen LogP contribution in [0.25, 0.3) is 0 Å². The van der Waals surface area contributed by atoms with Crippen LogP contribution >= 0.6 is 0 Å². The smallest absolute Gasteiger partial charge is 0.293 e. The van der Waals surface area contributed by atoms with Crippen LogP contribution < -0.4 is 5.73 Å². The molecule has 0 aromatic carbocycles. The minimum atomic E-state index is -0.139. The lowest BCUT2D eigenvalue weighted by molar-refractivity contribution is -0.0171. The number of nitrogens with zero attached hydrogens (tertiary/aromatic N) is 3. The highest BCUT2D eigenvalue weighted by Crippen LogP contribution is 2.37. The molecule has 1 saturated heterocycles. The van der Waals surface area contributed by atoms with E-state index in [-0.39, 0.29) is 17.8 Å². The van der Waals surface area contributed by atoms with Crippen molar-refractivity contribution < 1.29 is 9.53 Å². The summed E-state index contributed by atoms with van der Waals surface area (Å²) in [6.45, 7) is 2.03. The first-order valence-electron chi connectivity index (χ1n) is 6.31. The molecule has 7 heteroatoms. The van der Waals surface area contributed by atoms with Gasteiger partial charge in [0.15, 0.2) is 0 Å². The van der Waals surface area contributed by atoms with Gasteiger partial charge in [-0.1, -0.05) is 0 Å². The summed E-state index contributed by atoms with van der Waals surface area (Å²) >= 11 is 0. The zero-order valence-corrected chi connectivity index (χ0v) is 10.1. The van der Waals surface area contributed by atoms with Gasteiger partial charge in [0.05, 0.1) is 12.7 Å². The molecule has 3 rings (SSSR count). The minimum absolute atomic E-state index is 0.0791. The maximum atomic E-state index is 12.2. The van der Waals surface area contributed by atoms with Crippen LogP contribution in [0.2, 0.25) is 0 Å². The van der Waals surface area contributed by atoms with Gasteiger partial charge < -0.3 is 15.4 Å². The fraction of sp³-hybridized carbons (Fsp3) is 0.727. The molecule has 2 aliphatic rings. The van der Waals surface area contributed by atoms with Gasteiger partial charge in [0.25, 0.3) is 5.91 Å². The second kappa shape index (κ2) is 4.66. The molecule has 1 aliphatic carbocycles. The van der Waals surface area contributed by atoms with E-state index in [1.807, 2.05) is 0 Å². The fourth-order valence-corrected chi connectivity index (χ4v) is 2.10. The highest BCUT2D eigenvalue weighted by molar-refractivity contribution is 5.90. The number of ether oxygens (including phenoxy) is 1. The molecule has 98 valence electrons. The van der Waals surface area contributed by atoms with Crippen LogP contribution in [0.5, 0.6) is 0 Å². The Balaban J connectivity index is 1.68. The molecule has 2 heterocycles. The summed E-state index contributed by atoms with van der Waals surface area (Å²) in [6, 6.07) is 0. The monoisotopic (exact) mass is 251 g/mol. The molecule has 2 fully saturated rings. The molecule has 0 bridgehead atoms. The molecule has 1 amide bonds. The lowest BCUT2D eigenvalue weighted by Gasteiger charge is -2.31. The van der Waals surface area contributed by atoms with E-state index in [1.54, 1.807) is 4.90 Å². The Kier molecular flexibility index (Phi) is 3.00. The summed E-state index contributed by atoms with van der Waals surface area (Å²) in [5, 5.41) is 6.85. The molecule has 0 spiro atoms. The maximum Gasteiger partial charge on any atom is 0.293 e. The van der Waals surface area contributed by atoms with E-state index in [1.165, 1.54) is 0 Å². The van der Waals surface area contributed by atoms with Gasteiger partial charge in [-0.2, -0.15) is 0 Å². The van der Waals surface area contributed by atoms with Crippen molar-refractivity contribution in [3.63, 3.8) is 0 Å². The number of hydrogen-bond acceptors (Lipinski definition) is 5. The lowest BCUT2D eigenvalue weighted by atomic mass is 10.2. The molecule has 1 atom stereocenters. The summed E-state index contributed by atoms with van der Waals surface area (Å²) in [6.07, 6.45) is 2.19. The third kappa shape index (κ3) is 2.23. The second-order valence-electron chi connectivity index (χ2n) is 4.80. The summed E-state index contributed by atoms with van der Waals surface area (Å²) in [5.41, 5.74) is 5.56. The van der Waals surface area contributed by atoms with Crippen LogP contribution in [-0.4, -0.2) is 58.3 Å². The Hall–Kier alpha value is -1.47. The number of aromatic nitrogens is 3. The standard InChI is InChI=1S/C11H17N5O2/c12-5-8-6-16(3-4-18-8)11(17)10-13-9(14-15-10)7-1-2-7/h7-8H,1-6,12H2,(H,13,14,15). The first kappa shape index (κ1) is 11.6. The summed E-state index contributed by atoms with van der Waals surface area (Å²) in [5.74, 6) is 1.43. The summed E-state index contributed by atoms with van der Waals surface area (Å²) < 4.78 is 5.43. The van der Waals surface area contributed by atoms with Gasteiger partial charge >= 0.3 is 0 Å². The minimum Gasteiger partial charge on any atom is -0.373 e. The molecular formula is C11H17N5O2. The number of rotatable bonds is 3. The molecular weight excluding hydrogens is 234 g/mol. The van der Waals surface area contributed by atoms with E-state index in [4.69, 9.17) is 10.5 Å². The number of aromatic amines is 1. The van der Waals surface area contributed by atoms with Gasteiger partial charge in [-0.15, -0.1) is 5.10 Å². The van der Waals surface area contributed by atoms with Gasteiger partial charge in [-0.3, -0.25) is 9.89 Å². The highest BCUT2D eigenvalue weighted by atomic mass is 16.5. The summed E-state index contributed by atoms with van der Waals surface area (Å²) in [7, 11) is 0. The molecule has 1 aromatic heterocycles. The van der Waals surface area contributed by atoms with Crippen molar-refractivity contribution >= 4 is 5.91 Å². The van der Waals surface area contributed by atoms with Crippen molar-refractivity contribution in [3.05, 3.63) is 11.6 Å². The number of nitrogens with two attached hydrogens (primary N) is 1. The van der Waals surface area contributed by atoms with Gasteiger partial charge in [0.1, 0.15) is 5.82 Å². The third-order valence-electron chi connectivity index (χ3n) is 3.35. The largest absolute Gasteiger partial charge is 0.373 e.